The van der Waals surface area contributed by atoms with Crippen molar-refractivity contribution in [3.05, 3.63) is 39.9 Å². The first-order valence-corrected chi connectivity index (χ1v) is 6.47. The fraction of sp³-hybridized carbons (Fsp3) is 0.286. The molecule has 0 saturated carbocycles. The van der Waals surface area contributed by atoms with E-state index in [0.717, 1.165) is 10.0 Å². The first-order valence-electron chi connectivity index (χ1n) is 5.67. The molecule has 0 aliphatic rings. The van der Waals surface area contributed by atoms with Gasteiger partial charge in [0.2, 0.25) is 0 Å². The first kappa shape index (κ1) is 14.5. The van der Waals surface area contributed by atoms with Gasteiger partial charge in [-0.05, 0) is 37.1 Å². The molecular weight excluding hydrogens is 294 g/mol. The number of hydrogen-bond donors (Lipinski definition) is 0. The second kappa shape index (κ2) is 7.67. The standard InChI is InChI=1S/C14H14BrNO2/c1-2-18-14(17)7-6-12(10-16)8-11-4-3-5-13(15)9-11/h3-5,8-9H,2,6-7H2,1H3/b12-8-. The summed E-state index contributed by atoms with van der Waals surface area (Å²) >= 11 is 3.37. The van der Waals surface area contributed by atoms with Crippen LogP contribution in [0.5, 0.6) is 0 Å². The van der Waals surface area contributed by atoms with Gasteiger partial charge in [-0.2, -0.15) is 5.26 Å². The number of ether oxygens (including phenoxy) is 1. The van der Waals surface area contributed by atoms with Crippen LogP contribution in [0.15, 0.2) is 34.3 Å². The molecule has 1 aromatic rings. The third-order valence-corrected chi connectivity index (χ3v) is 2.73. The second-order valence-corrected chi connectivity index (χ2v) is 4.56. The molecule has 1 aromatic carbocycles. The lowest BCUT2D eigenvalue weighted by Gasteiger charge is -2.01. The van der Waals surface area contributed by atoms with Gasteiger partial charge in [-0.25, -0.2) is 0 Å². The average molecular weight is 308 g/mol. The molecule has 0 saturated heterocycles. The van der Waals surface area contributed by atoms with E-state index in [4.69, 9.17) is 10.00 Å². The van der Waals surface area contributed by atoms with Crippen LogP contribution in [0.3, 0.4) is 0 Å². The van der Waals surface area contributed by atoms with Gasteiger partial charge in [0, 0.05) is 10.0 Å². The fourth-order valence-electron chi connectivity index (χ4n) is 1.43. The van der Waals surface area contributed by atoms with Crippen LogP contribution in [0.2, 0.25) is 0 Å². The highest BCUT2D eigenvalue weighted by molar-refractivity contribution is 9.10. The Labute approximate surface area is 115 Å². The summed E-state index contributed by atoms with van der Waals surface area (Å²) < 4.78 is 5.78. The molecule has 18 heavy (non-hydrogen) atoms. The molecule has 94 valence electrons. The van der Waals surface area contributed by atoms with Crippen molar-refractivity contribution in [1.82, 2.24) is 0 Å². The minimum atomic E-state index is -0.270. The number of benzene rings is 1. The summed E-state index contributed by atoms with van der Waals surface area (Å²) in [5.74, 6) is -0.270. The molecule has 0 amide bonds. The van der Waals surface area contributed by atoms with E-state index < -0.39 is 0 Å². The number of hydrogen-bond acceptors (Lipinski definition) is 3. The number of carbonyl (C=O) groups excluding carboxylic acids is 1. The van der Waals surface area contributed by atoms with Crippen molar-refractivity contribution < 1.29 is 9.53 Å². The fourth-order valence-corrected chi connectivity index (χ4v) is 1.84. The van der Waals surface area contributed by atoms with Crippen LogP contribution in [0.25, 0.3) is 6.08 Å². The molecule has 0 aliphatic carbocycles. The maximum atomic E-state index is 11.2. The first-order chi connectivity index (χ1) is 8.65. The zero-order valence-corrected chi connectivity index (χ0v) is 11.7. The van der Waals surface area contributed by atoms with Gasteiger partial charge in [0.05, 0.1) is 19.1 Å². The van der Waals surface area contributed by atoms with Gasteiger partial charge >= 0.3 is 5.97 Å². The van der Waals surface area contributed by atoms with Crippen molar-refractivity contribution in [2.45, 2.75) is 19.8 Å². The van der Waals surface area contributed by atoms with Crippen LogP contribution in [-0.2, 0) is 9.53 Å². The minimum absolute atomic E-state index is 0.237. The lowest BCUT2D eigenvalue weighted by molar-refractivity contribution is -0.143. The Balaban J connectivity index is 2.67. The number of rotatable bonds is 5. The highest BCUT2D eigenvalue weighted by Gasteiger charge is 2.04. The SMILES string of the molecule is CCOC(=O)CC/C(C#N)=C/c1cccc(Br)c1. The lowest BCUT2D eigenvalue weighted by Crippen LogP contribution is -2.03. The Hall–Kier alpha value is -1.60. The van der Waals surface area contributed by atoms with Crippen molar-refractivity contribution in [2.75, 3.05) is 6.61 Å². The molecular formula is C14H14BrNO2. The van der Waals surface area contributed by atoms with Crippen molar-refractivity contribution in [2.24, 2.45) is 0 Å². The van der Waals surface area contributed by atoms with E-state index in [1.54, 1.807) is 13.0 Å². The predicted octanol–water partition coefficient (Wildman–Crippen LogP) is 3.70. The van der Waals surface area contributed by atoms with Crippen LogP contribution in [0.4, 0.5) is 0 Å². The predicted molar refractivity (Wildman–Crippen MR) is 73.6 cm³/mol. The van der Waals surface area contributed by atoms with Gasteiger partial charge in [0.15, 0.2) is 0 Å². The second-order valence-electron chi connectivity index (χ2n) is 3.64. The van der Waals surface area contributed by atoms with Gasteiger partial charge < -0.3 is 4.74 Å². The largest absolute Gasteiger partial charge is 0.466 e. The van der Waals surface area contributed by atoms with Crippen LogP contribution < -0.4 is 0 Å². The van der Waals surface area contributed by atoms with Crippen LogP contribution >= 0.6 is 15.9 Å². The molecule has 0 unspecified atom stereocenters. The highest BCUT2D eigenvalue weighted by atomic mass is 79.9. The highest BCUT2D eigenvalue weighted by Crippen LogP contribution is 2.16. The average Bonchev–Trinajstić information content (AvgIpc) is 2.35. The number of nitriles is 1. The summed E-state index contributed by atoms with van der Waals surface area (Å²) in [6.07, 6.45) is 2.42. The zero-order chi connectivity index (χ0) is 13.4. The Morgan fingerprint density at radius 1 is 1.50 bits per heavy atom. The maximum Gasteiger partial charge on any atom is 0.306 e. The van der Waals surface area contributed by atoms with E-state index in [-0.39, 0.29) is 12.4 Å². The molecule has 0 radical (unpaired) electrons. The van der Waals surface area contributed by atoms with Crippen LogP contribution in [0, 0.1) is 11.3 Å². The van der Waals surface area contributed by atoms with E-state index in [2.05, 4.69) is 22.0 Å². The third kappa shape index (κ3) is 5.15. The Morgan fingerprint density at radius 3 is 2.89 bits per heavy atom. The Kier molecular flexibility index (Phi) is 6.16. The molecule has 0 aromatic heterocycles. The summed E-state index contributed by atoms with van der Waals surface area (Å²) in [5.41, 5.74) is 1.51. The zero-order valence-electron chi connectivity index (χ0n) is 10.1. The van der Waals surface area contributed by atoms with Crippen LogP contribution in [0.1, 0.15) is 25.3 Å². The van der Waals surface area contributed by atoms with E-state index in [0.29, 0.717) is 18.6 Å². The van der Waals surface area contributed by atoms with Crippen molar-refractivity contribution in [3.8, 4) is 6.07 Å². The molecule has 0 heterocycles. The Bertz CT molecular complexity index is 489. The molecule has 0 spiro atoms. The molecule has 0 atom stereocenters. The number of allylic oxidation sites excluding steroid dienone is 1. The molecule has 4 heteroatoms. The molecule has 0 fully saturated rings. The molecule has 1 rings (SSSR count). The molecule has 0 bridgehead atoms. The van der Waals surface area contributed by atoms with E-state index in [9.17, 15) is 4.79 Å². The van der Waals surface area contributed by atoms with E-state index >= 15 is 0 Å². The van der Waals surface area contributed by atoms with E-state index in [1.807, 2.05) is 24.3 Å². The van der Waals surface area contributed by atoms with Gasteiger partial charge in [-0.1, -0.05) is 28.1 Å². The molecule has 0 N–H and O–H groups in total. The summed E-state index contributed by atoms with van der Waals surface area (Å²) in [6, 6.07) is 9.75. The van der Waals surface area contributed by atoms with Crippen molar-refractivity contribution >= 4 is 28.0 Å². The summed E-state index contributed by atoms with van der Waals surface area (Å²) in [4.78, 5) is 11.2. The lowest BCUT2D eigenvalue weighted by atomic mass is 10.1. The minimum Gasteiger partial charge on any atom is -0.466 e. The maximum absolute atomic E-state index is 11.2. The normalized spacial score (nSPS) is 10.8. The summed E-state index contributed by atoms with van der Waals surface area (Å²) in [7, 11) is 0. The van der Waals surface area contributed by atoms with Gasteiger partial charge in [0.1, 0.15) is 0 Å². The van der Waals surface area contributed by atoms with Gasteiger partial charge in [-0.3, -0.25) is 4.79 Å². The Morgan fingerprint density at radius 2 is 2.28 bits per heavy atom. The monoisotopic (exact) mass is 307 g/mol. The quantitative estimate of drug-likeness (QED) is 0.615. The van der Waals surface area contributed by atoms with Crippen molar-refractivity contribution in [3.63, 3.8) is 0 Å². The number of halogens is 1. The third-order valence-electron chi connectivity index (χ3n) is 2.24. The number of carbonyl (C=O) groups is 1. The van der Waals surface area contributed by atoms with Crippen molar-refractivity contribution in [1.29, 1.82) is 5.26 Å². The smallest absolute Gasteiger partial charge is 0.306 e. The number of esters is 1. The van der Waals surface area contributed by atoms with Gasteiger partial charge in [0.25, 0.3) is 0 Å². The molecule has 3 nitrogen and oxygen atoms in total. The summed E-state index contributed by atoms with van der Waals surface area (Å²) in [5, 5.41) is 9.02. The summed E-state index contributed by atoms with van der Waals surface area (Å²) in [6.45, 7) is 2.14. The number of nitrogens with zero attached hydrogens (tertiary/aromatic N) is 1. The topological polar surface area (TPSA) is 50.1 Å². The van der Waals surface area contributed by atoms with E-state index in [1.165, 1.54) is 0 Å². The van der Waals surface area contributed by atoms with Gasteiger partial charge in [-0.15, -0.1) is 0 Å². The van der Waals surface area contributed by atoms with Crippen LogP contribution in [-0.4, -0.2) is 12.6 Å². The molecule has 0 aliphatic heterocycles.